The van der Waals surface area contributed by atoms with Gasteiger partial charge in [-0.3, -0.25) is 24.1 Å². The van der Waals surface area contributed by atoms with Crippen LogP contribution >= 0.6 is 0 Å². The average Bonchev–Trinajstić information content (AvgIpc) is 4.05. The van der Waals surface area contributed by atoms with E-state index in [1.165, 1.54) is 24.2 Å². The minimum atomic E-state index is -1.67. The molecule has 6 fully saturated rings. The van der Waals surface area contributed by atoms with Gasteiger partial charge in [-0.05, 0) is 95.8 Å². The van der Waals surface area contributed by atoms with Crippen LogP contribution in [-0.2, 0) is 57.1 Å². The molecule has 5 saturated heterocycles. The third-order valence-electron chi connectivity index (χ3n) is 16.9. The van der Waals surface area contributed by atoms with E-state index in [0.717, 1.165) is 25.7 Å². The summed E-state index contributed by atoms with van der Waals surface area (Å²) in [5.41, 5.74) is -1.25. The number of aliphatic hydroxyl groups is 2. The number of carbonyl (C=O) groups excluding carboxylic acids is 4. The first-order valence-corrected chi connectivity index (χ1v) is 24.3. The summed E-state index contributed by atoms with van der Waals surface area (Å²) in [6.45, 7) is 16.4. The van der Waals surface area contributed by atoms with Crippen molar-refractivity contribution >= 4 is 23.8 Å². The Kier molecular flexibility index (Phi) is 14.9. The molecular formula is C49H77NO14. The number of aliphatic hydroxyl groups excluding tert-OH is 1. The number of carbonyl (C=O) groups is 4. The van der Waals surface area contributed by atoms with Crippen molar-refractivity contribution < 1.29 is 67.3 Å². The lowest BCUT2D eigenvalue weighted by Gasteiger charge is -2.49. The second-order valence-electron chi connectivity index (χ2n) is 21.3. The number of esters is 2. The van der Waals surface area contributed by atoms with Crippen molar-refractivity contribution in [2.75, 3.05) is 27.4 Å². The van der Waals surface area contributed by atoms with Crippen LogP contribution in [0.2, 0.25) is 0 Å². The van der Waals surface area contributed by atoms with Crippen LogP contribution in [0, 0.1) is 47.3 Å². The Balaban J connectivity index is 0.950. The van der Waals surface area contributed by atoms with Crippen LogP contribution < -0.4 is 0 Å². The van der Waals surface area contributed by atoms with Crippen LogP contribution in [-0.4, -0.2) is 132 Å². The second-order valence-corrected chi connectivity index (χ2v) is 21.3. The highest BCUT2D eigenvalue weighted by Gasteiger charge is 2.62. The number of imide groups is 1. The van der Waals surface area contributed by atoms with Gasteiger partial charge in [0.1, 0.15) is 6.61 Å². The molecule has 7 rings (SSSR count). The molecule has 1 aliphatic carbocycles. The molecule has 17 atom stereocenters. The van der Waals surface area contributed by atoms with Crippen molar-refractivity contribution in [1.82, 2.24) is 4.90 Å². The van der Waals surface area contributed by atoms with E-state index in [9.17, 15) is 29.4 Å². The van der Waals surface area contributed by atoms with E-state index in [1.807, 2.05) is 20.8 Å². The summed E-state index contributed by atoms with van der Waals surface area (Å²) < 4.78 is 51.4. The van der Waals surface area contributed by atoms with Crippen molar-refractivity contribution in [3.63, 3.8) is 0 Å². The summed E-state index contributed by atoms with van der Waals surface area (Å²) in [6.07, 6.45) is 7.74. The number of methoxy groups -OCH3 is 2. The maximum absolute atomic E-state index is 13.3. The smallest absolute Gasteiger partial charge is 0.311 e. The molecule has 15 nitrogen and oxygen atoms in total. The zero-order chi connectivity index (χ0) is 46.5. The van der Waals surface area contributed by atoms with Crippen molar-refractivity contribution in [2.24, 2.45) is 47.3 Å². The van der Waals surface area contributed by atoms with Gasteiger partial charge in [0.25, 0.3) is 11.8 Å². The first kappa shape index (κ1) is 49.4. The van der Waals surface area contributed by atoms with Gasteiger partial charge in [-0.15, -0.1) is 0 Å². The summed E-state index contributed by atoms with van der Waals surface area (Å²) in [6, 6.07) is 0. The maximum Gasteiger partial charge on any atom is 0.311 e. The summed E-state index contributed by atoms with van der Waals surface area (Å²) in [4.78, 5) is 51.2. The normalized spacial score (nSPS) is 45.2. The van der Waals surface area contributed by atoms with Gasteiger partial charge in [-0.2, -0.15) is 0 Å². The Bertz CT molecular complexity index is 1720. The molecular weight excluding hydrogens is 827 g/mol. The molecule has 6 heterocycles. The van der Waals surface area contributed by atoms with Crippen molar-refractivity contribution in [1.29, 1.82) is 0 Å². The standard InChI is InChI=1S/C49H77NO14/c1-11-47(19-18-37(61-47)46(8)20-21-48(64-46)24-35(51)30(5)42(62-48)31(6)41(57-9)32(7)44(54)58-10)43-28(3)23-36(60-43)40-27(2)22-29(4)49(56,63-40)26-59-45(55)34-14-12-33(13-15-34)25-50-38(52)16-17-39(50)53/h16-17,27-37,40-43,51,56H,11-15,18-26H2,1-10H3/t27-,28-,29+,30+,31-,32?,33-,34-,35-,36+,37?,40-,41+,42-,43+,46-,47-,48+,49-/m0/s1. The molecule has 7 aliphatic rings. The van der Waals surface area contributed by atoms with Crippen LogP contribution in [0.4, 0.5) is 0 Å². The van der Waals surface area contributed by atoms with Gasteiger partial charge in [0.05, 0.1) is 72.9 Å². The number of ether oxygens (including phenoxy) is 8. The fraction of sp³-hybridized carbons (Fsp3) is 0.878. The summed E-state index contributed by atoms with van der Waals surface area (Å²) >= 11 is 0. The summed E-state index contributed by atoms with van der Waals surface area (Å²) in [7, 11) is 2.96. The highest BCUT2D eigenvalue weighted by molar-refractivity contribution is 6.12. The molecule has 362 valence electrons. The average molecular weight is 904 g/mol. The van der Waals surface area contributed by atoms with E-state index < -0.39 is 53.1 Å². The highest BCUT2D eigenvalue weighted by Crippen LogP contribution is 2.55. The first-order valence-electron chi connectivity index (χ1n) is 24.3. The molecule has 2 amide bonds. The van der Waals surface area contributed by atoms with Gasteiger partial charge in [-0.1, -0.05) is 41.5 Å². The molecule has 0 aromatic rings. The van der Waals surface area contributed by atoms with Gasteiger partial charge in [-0.25, -0.2) is 0 Å². The molecule has 1 spiro atoms. The second kappa shape index (κ2) is 19.2. The van der Waals surface area contributed by atoms with Crippen molar-refractivity contribution in [3.8, 4) is 0 Å². The predicted octanol–water partition coefficient (Wildman–Crippen LogP) is 5.64. The third-order valence-corrected chi connectivity index (χ3v) is 16.9. The van der Waals surface area contributed by atoms with Crippen LogP contribution in [0.15, 0.2) is 12.2 Å². The van der Waals surface area contributed by atoms with Crippen molar-refractivity contribution in [2.45, 2.75) is 198 Å². The Labute approximate surface area is 379 Å². The van der Waals surface area contributed by atoms with Crippen LogP contribution in [0.25, 0.3) is 0 Å². The number of hydrogen-bond donors (Lipinski definition) is 2. The number of nitrogens with zero attached hydrogens (tertiary/aromatic N) is 1. The Hall–Kier alpha value is -2.50. The van der Waals surface area contributed by atoms with Gasteiger partial charge in [0, 0.05) is 56.4 Å². The van der Waals surface area contributed by atoms with E-state index in [4.69, 9.17) is 37.9 Å². The molecule has 1 saturated carbocycles. The van der Waals surface area contributed by atoms with E-state index in [1.54, 1.807) is 14.0 Å². The molecule has 0 aromatic heterocycles. The first-order chi connectivity index (χ1) is 30.2. The van der Waals surface area contributed by atoms with Crippen LogP contribution in [0.1, 0.15) is 132 Å². The lowest BCUT2D eigenvalue weighted by molar-refractivity contribution is -0.336. The Morgan fingerprint density at radius 2 is 1.61 bits per heavy atom. The molecule has 15 heteroatoms. The zero-order valence-electron chi connectivity index (χ0n) is 40.0. The topological polar surface area (TPSA) is 186 Å². The fourth-order valence-corrected chi connectivity index (χ4v) is 12.8. The lowest BCUT2D eigenvalue weighted by Crippen LogP contribution is -2.57. The number of rotatable bonds is 14. The zero-order valence-corrected chi connectivity index (χ0v) is 40.0. The molecule has 0 aromatic carbocycles. The molecule has 64 heavy (non-hydrogen) atoms. The third kappa shape index (κ3) is 9.49. The Morgan fingerprint density at radius 3 is 2.25 bits per heavy atom. The van der Waals surface area contributed by atoms with E-state index >= 15 is 0 Å². The molecule has 6 aliphatic heterocycles. The minimum Gasteiger partial charge on any atom is -0.469 e. The van der Waals surface area contributed by atoms with Gasteiger partial charge in [0.15, 0.2) is 5.79 Å². The van der Waals surface area contributed by atoms with Gasteiger partial charge >= 0.3 is 11.9 Å². The van der Waals surface area contributed by atoms with E-state index in [-0.39, 0.29) is 90.1 Å². The number of hydrogen-bond acceptors (Lipinski definition) is 14. The maximum atomic E-state index is 13.3. The van der Waals surface area contributed by atoms with E-state index in [0.29, 0.717) is 57.9 Å². The summed E-state index contributed by atoms with van der Waals surface area (Å²) in [5, 5.41) is 23.4. The molecule has 2 N–H and O–H groups in total. The van der Waals surface area contributed by atoms with E-state index in [2.05, 4.69) is 27.7 Å². The molecule has 0 radical (unpaired) electrons. The largest absolute Gasteiger partial charge is 0.469 e. The highest BCUT2D eigenvalue weighted by atomic mass is 16.7. The predicted molar refractivity (Wildman–Crippen MR) is 232 cm³/mol. The summed E-state index contributed by atoms with van der Waals surface area (Å²) in [5.74, 6) is -5.19. The SMILES string of the molecule is CC[C@@]1([C@@H]2O[C@@H]([C@H]3O[C@@](O)(COC(=O)[C@H]4CC[C@H](CN5C(=O)C=CC5=O)CC4)[C@H](C)C[C@@H]3C)C[C@@H]2C)CCC([C@]2(C)CC[C@]3(C[C@H](O)[C@@H](C)[C@@H]([C@@H](C)[C@@H](OC)C(C)C(=O)OC)O3)O2)O1. The van der Waals surface area contributed by atoms with Gasteiger partial charge < -0.3 is 48.1 Å². The molecule has 0 bridgehead atoms. The van der Waals surface area contributed by atoms with Crippen LogP contribution in [0.5, 0.6) is 0 Å². The lowest BCUT2D eigenvalue weighted by atomic mass is 9.78. The van der Waals surface area contributed by atoms with Gasteiger partial charge in [0.2, 0.25) is 5.79 Å². The molecule has 2 unspecified atom stereocenters. The van der Waals surface area contributed by atoms with Crippen molar-refractivity contribution in [3.05, 3.63) is 12.2 Å². The van der Waals surface area contributed by atoms with Crippen LogP contribution in [0.3, 0.4) is 0 Å². The number of amides is 2. The Morgan fingerprint density at radius 1 is 0.922 bits per heavy atom. The fourth-order valence-electron chi connectivity index (χ4n) is 12.8. The minimum absolute atomic E-state index is 0.0848. The monoisotopic (exact) mass is 904 g/mol. The quantitative estimate of drug-likeness (QED) is 0.161.